The zero-order valence-corrected chi connectivity index (χ0v) is 10.7. The molecule has 98 valence electrons. The predicted octanol–water partition coefficient (Wildman–Crippen LogP) is 3.87. The molecule has 0 aliphatic heterocycles. The molecule has 0 saturated heterocycles. The first-order chi connectivity index (χ1) is 7.39. The highest BCUT2D eigenvalue weighted by atomic mass is 35.5. The number of benzene rings is 1. The van der Waals surface area contributed by atoms with Crippen LogP contribution in [-0.2, 0) is 12.7 Å². The van der Waals surface area contributed by atoms with Gasteiger partial charge in [-0.05, 0) is 24.1 Å². The highest BCUT2D eigenvalue weighted by molar-refractivity contribution is 5.85. The van der Waals surface area contributed by atoms with Crippen molar-refractivity contribution in [1.82, 2.24) is 5.32 Å². The highest BCUT2D eigenvalue weighted by Crippen LogP contribution is 2.29. The molecular formula is C12H17ClF3N. The summed E-state index contributed by atoms with van der Waals surface area (Å²) in [5.41, 5.74) is 0.0758. The lowest BCUT2D eigenvalue weighted by molar-refractivity contribution is -0.137. The number of hydrogen-bond acceptors (Lipinski definition) is 1. The molecule has 0 aliphatic carbocycles. The van der Waals surface area contributed by atoms with Gasteiger partial charge in [-0.1, -0.05) is 32.0 Å². The summed E-state index contributed by atoms with van der Waals surface area (Å²) in [6.07, 6.45) is -4.26. The summed E-state index contributed by atoms with van der Waals surface area (Å²) < 4.78 is 37.2. The first-order valence-electron chi connectivity index (χ1n) is 5.26. The monoisotopic (exact) mass is 267 g/mol. The standard InChI is InChI=1S/C12H16F3N.ClH/c1-9(2)7-16-8-10-4-3-5-11(6-10)12(13,14)15;/h3-6,9,16H,7-8H2,1-2H3;1H. The van der Waals surface area contributed by atoms with E-state index in [-0.39, 0.29) is 12.4 Å². The van der Waals surface area contributed by atoms with Crippen LogP contribution in [0.2, 0.25) is 0 Å². The maximum absolute atomic E-state index is 12.4. The third kappa shape index (κ3) is 5.94. The van der Waals surface area contributed by atoms with E-state index < -0.39 is 11.7 Å². The molecule has 1 rings (SSSR count). The van der Waals surface area contributed by atoms with Gasteiger partial charge in [0.1, 0.15) is 0 Å². The second kappa shape index (κ2) is 6.87. The van der Waals surface area contributed by atoms with Crippen LogP contribution in [0.1, 0.15) is 25.0 Å². The number of hydrogen-bond donors (Lipinski definition) is 1. The van der Waals surface area contributed by atoms with Gasteiger partial charge in [-0.25, -0.2) is 0 Å². The summed E-state index contributed by atoms with van der Waals surface area (Å²) in [7, 11) is 0. The number of halogens is 4. The molecule has 5 heteroatoms. The van der Waals surface area contributed by atoms with Gasteiger partial charge in [-0.2, -0.15) is 13.2 Å². The molecule has 0 atom stereocenters. The van der Waals surface area contributed by atoms with Crippen LogP contribution in [-0.4, -0.2) is 6.54 Å². The van der Waals surface area contributed by atoms with Gasteiger partial charge in [-0.3, -0.25) is 0 Å². The normalized spacial score (nSPS) is 11.4. The summed E-state index contributed by atoms with van der Waals surface area (Å²) in [6, 6.07) is 5.41. The number of alkyl halides is 3. The molecule has 0 amide bonds. The van der Waals surface area contributed by atoms with Gasteiger partial charge < -0.3 is 5.32 Å². The first kappa shape index (κ1) is 16.3. The van der Waals surface area contributed by atoms with E-state index in [9.17, 15) is 13.2 Å². The summed E-state index contributed by atoms with van der Waals surface area (Å²) >= 11 is 0. The van der Waals surface area contributed by atoms with E-state index in [4.69, 9.17) is 0 Å². The molecule has 1 nitrogen and oxygen atoms in total. The molecule has 0 aliphatic rings. The Kier molecular flexibility index (Phi) is 6.57. The van der Waals surface area contributed by atoms with E-state index in [1.54, 1.807) is 6.07 Å². The topological polar surface area (TPSA) is 12.0 Å². The van der Waals surface area contributed by atoms with E-state index in [0.717, 1.165) is 12.6 Å². The summed E-state index contributed by atoms with van der Waals surface area (Å²) in [5.74, 6) is 0.491. The average molecular weight is 268 g/mol. The Morgan fingerprint density at radius 1 is 1.24 bits per heavy atom. The number of nitrogens with one attached hydrogen (secondary N) is 1. The van der Waals surface area contributed by atoms with Crippen molar-refractivity contribution in [2.24, 2.45) is 5.92 Å². The van der Waals surface area contributed by atoms with Crippen LogP contribution in [0.5, 0.6) is 0 Å². The summed E-state index contributed by atoms with van der Waals surface area (Å²) in [4.78, 5) is 0. The van der Waals surface area contributed by atoms with E-state index in [1.807, 2.05) is 0 Å². The lowest BCUT2D eigenvalue weighted by Gasteiger charge is -2.10. The van der Waals surface area contributed by atoms with Gasteiger partial charge >= 0.3 is 6.18 Å². The second-order valence-corrected chi connectivity index (χ2v) is 4.22. The summed E-state index contributed by atoms with van der Waals surface area (Å²) in [5, 5.41) is 3.11. The second-order valence-electron chi connectivity index (χ2n) is 4.22. The van der Waals surface area contributed by atoms with Crippen LogP contribution in [0.15, 0.2) is 24.3 Å². The molecule has 0 aromatic heterocycles. The minimum absolute atomic E-state index is 0. The molecule has 0 fully saturated rings. The van der Waals surface area contributed by atoms with Crippen LogP contribution >= 0.6 is 12.4 Å². The fourth-order valence-corrected chi connectivity index (χ4v) is 1.36. The Morgan fingerprint density at radius 3 is 2.41 bits per heavy atom. The zero-order valence-electron chi connectivity index (χ0n) is 9.84. The average Bonchev–Trinajstić information content (AvgIpc) is 2.16. The fraction of sp³-hybridized carbons (Fsp3) is 0.500. The van der Waals surface area contributed by atoms with Gasteiger partial charge in [-0.15, -0.1) is 12.4 Å². The largest absolute Gasteiger partial charge is 0.416 e. The van der Waals surface area contributed by atoms with Crippen LogP contribution in [0.25, 0.3) is 0 Å². The number of rotatable bonds is 4. The van der Waals surface area contributed by atoms with Crippen LogP contribution < -0.4 is 5.32 Å². The van der Waals surface area contributed by atoms with Gasteiger partial charge in [0, 0.05) is 6.54 Å². The van der Waals surface area contributed by atoms with Crippen molar-refractivity contribution < 1.29 is 13.2 Å². The fourth-order valence-electron chi connectivity index (χ4n) is 1.36. The molecule has 1 aromatic carbocycles. The van der Waals surface area contributed by atoms with E-state index in [2.05, 4.69) is 19.2 Å². The zero-order chi connectivity index (χ0) is 12.2. The molecule has 1 aromatic rings. The van der Waals surface area contributed by atoms with Crippen molar-refractivity contribution in [3.05, 3.63) is 35.4 Å². The van der Waals surface area contributed by atoms with Gasteiger partial charge in [0.05, 0.1) is 5.56 Å². The minimum Gasteiger partial charge on any atom is -0.312 e. The predicted molar refractivity (Wildman–Crippen MR) is 65.2 cm³/mol. The SMILES string of the molecule is CC(C)CNCc1cccc(C(F)(F)F)c1.Cl. The molecule has 0 unspecified atom stereocenters. The highest BCUT2D eigenvalue weighted by Gasteiger charge is 2.30. The molecule has 0 spiro atoms. The molecule has 1 N–H and O–H groups in total. The lowest BCUT2D eigenvalue weighted by atomic mass is 10.1. The Balaban J connectivity index is 0.00000256. The smallest absolute Gasteiger partial charge is 0.312 e. The third-order valence-electron chi connectivity index (χ3n) is 2.14. The maximum Gasteiger partial charge on any atom is 0.416 e. The molecule has 0 saturated carbocycles. The molecule has 17 heavy (non-hydrogen) atoms. The summed E-state index contributed by atoms with van der Waals surface area (Å²) in [6.45, 7) is 5.39. The maximum atomic E-state index is 12.4. The Bertz CT molecular complexity index is 337. The van der Waals surface area contributed by atoms with Crippen molar-refractivity contribution >= 4 is 12.4 Å². The Labute approximate surface area is 106 Å². The van der Waals surface area contributed by atoms with E-state index >= 15 is 0 Å². The molecular weight excluding hydrogens is 251 g/mol. The third-order valence-corrected chi connectivity index (χ3v) is 2.14. The first-order valence-corrected chi connectivity index (χ1v) is 5.26. The van der Waals surface area contributed by atoms with Crippen LogP contribution in [0.4, 0.5) is 13.2 Å². The Hall–Kier alpha value is -0.740. The van der Waals surface area contributed by atoms with E-state index in [0.29, 0.717) is 18.0 Å². The Morgan fingerprint density at radius 2 is 1.88 bits per heavy atom. The van der Waals surface area contributed by atoms with Crippen molar-refractivity contribution in [3.8, 4) is 0 Å². The van der Waals surface area contributed by atoms with Gasteiger partial charge in [0.2, 0.25) is 0 Å². The van der Waals surface area contributed by atoms with Crippen molar-refractivity contribution in [3.63, 3.8) is 0 Å². The molecule has 0 bridgehead atoms. The van der Waals surface area contributed by atoms with Crippen molar-refractivity contribution in [2.75, 3.05) is 6.54 Å². The van der Waals surface area contributed by atoms with Gasteiger partial charge in [0.15, 0.2) is 0 Å². The minimum atomic E-state index is -4.26. The van der Waals surface area contributed by atoms with Crippen molar-refractivity contribution in [2.45, 2.75) is 26.6 Å². The molecule has 0 radical (unpaired) electrons. The quantitative estimate of drug-likeness (QED) is 0.873. The van der Waals surface area contributed by atoms with E-state index in [1.165, 1.54) is 12.1 Å². The van der Waals surface area contributed by atoms with Crippen LogP contribution in [0.3, 0.4) is 0 Å². The van der Waals surface area contributed by atoms with Crippen molar-refractivity contribution in [1.29, 1.82) is 0 Å². The molecule has 0 heterocycles. The van der Waals surface area contributed by atoms with Crippen LogP contribution in [0, 0.1) is 5.92 Å². The lowest BCUT2D eigenvalue weighted by Crippen LogP contribution is -2.19. The van der Waals surface area contributed by atoms with Gasteiger partial charge in [0.25, 0.3) is 0 Å².